The number of carbonyl (C=O) groups is 2. The van der Waals surface area contributed by atoms with Crippen molar-refractivity contribution >= 4 is 11.9 Å². The van der Waals surface area contributed by atoms with Crippen molar-refractivity contribution in [2.24, 2.45) is 0 Å². The Balaban J connectivity index is 2.59. The van der Waals surface area contributed by atoms with Gasteiger partial charge in [0.2, 0.25) is 0 Å². The lowest BCUT2D eigenvalue weighted by atomic mass is 10.1. The summed E-state index contributed by atoms with van der Waals surface area (Å²) in [5.41, 5.74) is 0.117. The summed E-state index contributed by atoms with van der Waals surface area (Å²) in [7, 11) is 1.50. The van der Waals surface area contributed by atoms with Crippen LogP contribution in [0, 0.1) is 0 Å². The van der Waals surface area contributed by atoms with Crippen LogP contribution in [0.15, 0.2) is 10.6 Å². The third-order valence-electron chi connectivity index (χ3n) is 2.33. The Bertz CT molecular complexity index is 415. The van der Waals surface area contributed by atoms with Gasteiger partial charge in [0, 0.05) is 19.2 Å². The molecule has 0 aliphatic heterocycles. The number of carbonyl (C=O) groups excluding carboxylic acids is 1. The predicted molar refractivity (Wildman–Crippen MR) is 61.0 cm³/mol. The highest BCUT2D eigenvalue weighted by Crippen LogP contribution is 2.06. The normalized spacial score (nSPS) is 12.1. The molecule has 1 aromatic rings. The summed E-state index contributed by atoms with van der Waals surface area (Å²) in [6.07, 6.45) is 0.409. The van der Waals surface area contributed by atoms with Crippen molar-refractivity contribution in [1.29, 1.82) is 0 Å². The van der Waals surface area contributed by atoms with Gasteiger partial charge >= 0.3 is 5.97 Å². The molecule has 2 N–H and O–H groups in total. The zero-order valence-corrected chi connectivity index (χ0v) is 10.3. The van der Waals surface area contributed by atoms with E-state index >= 15 is 0 Å². The van der Waals surface area contributed by atoms with Gasteiger partial charge in [-0.05, 0) is 6.42 Å². The lowest BCUT2D eigenvalue weighted by Gasteiger charge is -2.13. The number of aliphatic carboxylic acids is 1. The van der Waals surface area contributed by atoms with Crippen molar-refractivity contribution in [3.05, 3.63) is 17.5 Å². The highest BCUT2D eigenvalue weighted by molar-refractivity contribution is 5.92. The molecule has 0 bridgehead atoms. The maximum Gasteiger partial charge on any atom is 0.305 e. The summed E-state index contributed by atoms with van der Waals surface area (Å²) in [6, 6.07) is 1.05. The summed E-state index contributed by atoms with van der Waals surface area (Å²) < 4.78 is 9.70. The first-order chi connectivity index (χ1) is 8.56. The Morgan fingerprint density at radius 1 is 1.61 bits per heavy atom. The van der Waals surface area contributed by atoms with Gasteiger partial charge in [-0.2, -0.15) is 0 Å². The van der Waals surface area contributed by atoms with Crippen LogP contribution in [-0.2, 0) is 16.1 Å². The minimum Gasteiger partial charge on any atom is -0.481 e. The van der Waals surface area contributed by atoms with Crippen LogP contribution >= 0.6 is 0 Å². The fraction of sp³-hybridized carbons (Fsp3) is 0.545. The third-order valence-corrected chi connectivity index (χ3v) is 2.33. The SMILES string of the molecule is CCC(CC(=O)O)NC(=O)c1cc(COC)on1. The zero-order chi connectivity index (χ0) is 13.5. The van der Waals surface area contributed by atoms with E-state index in [9.17, 15) is 9.59 Å². The Hall–Kier alpha value is -1.89. The molecule has 0 spiro atoms. The molecule has 1 heterocycles. The first kappa shape index (κ1) is 14.2. The average molecular weight is 256 g/mol. The molecular formula is C11H16N2O5. The van der Waals surface area contributed by atoms with Crippen LogP contribution in [0.5, 0.6) is 0 Å². The van der Waals surface area contributed by atoms with Gasteiger partial charge < -0.3 is 19.7 Å². The molecule has 0 radical (unpaired) electrons. The molecular weight excluding hydrogens is 240 g/mol. The topological polar surface area (TPSA) is 102 Å². The first-order valence-electron chi connectivity index (χ1n) is 5.54. The van der Waals surface area contributed by atoms with Gasteiger partial charge in [0.15, 0.2) is 11.5 Å². The standard InChI is InChI=1S/C11H16N2O5/c1-3-7(4-10(14)15)12-11(16)9-5-8(6-17-2)18-13-9/h5,7H,3-4,6H2,1-2H3,(H,12,16)(H,14,15). The Kier molecular flexibility index (Phi) is 5.31. The van der Waals surface area contributed by atoms with Crippen molar-refractivity contribution < 1.29 is 24.0 Å². The molecule has 1 unspecified atom stereocenters. The minimum absolute atomic E-state index is 0.117. The summed E-state index contributed by atoms with van der Waals surface area (Å²) in [5.74, 6) is -0.967. The molecule has 18 heavy (non-hydrogen) atoms. The number of ether oxygens (including phenoxy) is 1. The molecule has 1 amide bonds. The van der Waals surface area contributed by atoms with Gasteiger partial charge in [-0.25, -0.2) is 0 Å². The van der Waals surface area contributed by atoms with E-state index in [-0.39, 0.29) is 18.7 Å². The predicted octanol–water partition coefficient (Wildman–Crippen LogP) is 0.804. The maximum absolute atomic E-state index is 11.7. The van der Waals surface area contributed by atoms with Crippen molar-refractivity contribution in [1.82, 2.24) is 10.5 Å². The number of aromatic nitrogens is 1. The van der Waals surface area contributed by atoms with E-state index in [1.807, 2.05) is 0 Å². The fourth-order valence-electron chi connectivity index (χ4n) is 1.40. The largest absolute Gasteiger partial charge is 0.481 e. The third kappa shape index (κ3) is 4.17. The Morgan fingerprint density at radius 3 is 2.89 bits per heavy atom. The van der Waals surface area contributed by atoms with Gasteiger partial charge in [0.1, 0.15) is 6.61 Å². The molecule has 1 atom stereocenters. The zero-order valence-electron chi connectivity index (χ0n) is 10.3. The number of carboxylic acid groups (broad SMARTS) is 1. The lowest BCUT2D eigenvalue weighted by Crippen LogP contribution is -2.36. The number of methoxy groups -OCH3 is 1. The monoisotopic (exact) mass is 256 g/mol. The van der Waals surface area contributed by atoms with Crippen molar-refractivity contribution in [3.63, 3.8) is 0 Å². The van der Waals surface area contributed by atoms with Crippen LogP contribution < -0.4 is 5.32 Å². The first-order valence-corrected chi connectivity index (χ1v) is 5.54. The van der Waals surface area contributed by atoms with Crippen LogP contribution in [0.1, 0.15) is 36.0 Å². The number of nitrogens with one attached hydrogen (secondary N) is 1. The molecule has 0 saturated heterocycles. The Labute approximate surface area is 104 Å². The van der Waals surface area contributed by atoms with Crippen LogP contribution in [0.3, 0.4) is 0 Å². The molecule has 0 aliphatic rings. The van der Waals surface area contributed by atoms with Crippen LogP contribution in [-0.4, -0.2) is 35.3 Å². The Morgan fingerprint density at radius 2 is 2.33 bits per heavy atom. The number of hydrogen-bond acceptors (Lipinski definition) is 5. The van der Waals surface area contributed by atoms with Crippen molar-refractivity contribution in [2.45, 2.75) is 32.4 Å². The smallest absolute Gasteiger partial charge is 0.305 e. The number of nitrogens with zero attached hydrogens (tertiary/aromatic N) is 1. The fourth-order valence-corrected chi connectivity index (χ4v) is 1.40. The van der Waals surface area contributed by atoms with E-state index in [0.717, 1.165) is 0 Å². The second-order valence-corrected chi connectivity index (χ2v) is 3.79. The van der Waals surface area contributed by atoms with E-state index in [1.54, 1.807) is 6.92 Å². The van der Waals surface area contributed by atoms with E-state index in [0.29, 0.717) is 12.2 Å². The molecule has 1 aromatic heterocycles. The van der Waals surface area contributed by atoms with E-state index in [4.69, 9.17) is 14.4 Å². The van der Waals surface area contributed by atoms with Gasteiger partial charge in [-0.1, -0.05) is 12.1 Å². The molecule has 100 valence electrons. The number of hydrogen-bond donors (Lipinski definition) is 2. The molecule has 7 nitrogen and oxygen atoms in total. The highest BCUT2D eigenvalue weighted by Gasteiger charge is 2.18. The second kappa shape index (κ2) is 6.75. The van der Waals surface area contributed by atoms with E-state index in [2.05, 4.69) is 10.5 Å². The lowest BCUT2D eigenvalue weighted by molar-refractivity contribution is -0.137. The quantitative estimate of drug-likeness (QED) is 0.748. The molecule has 0 saturated carbocycles. The van der Waals surface area contributed by atoms with Crippen LogP contribution in [0.25, 0.3) is 0 Å². The van der Waals surface area contributed by atoms with E-state index < -0.39 is 17.9 Å². The molecule has 1 rings (SSSR count). The number of amides is 1. The minimum atomic E-state index is -0.956. The van der Waals surface area contributed by atoms with E-state index in [1.165, 1.54) is 13.2 Å². The summed E-state index contributed by atoms with van der Waals surface area (Å²) in [4.78, 5) is 22.3. The summed E-state index contributed by atoms with van der Waals surface area (Å²) in [5, 5.41) is 14.8. The van der Waals surface area contributed by atoms with Gasteiger partial charge in [-0.3, -0.25) is 9.59 Å². The van der Waals surface area contributed by atoms with Gasteiger partial charge in [-0.15, -0.1) is 0 Å². The average Bonchev–Trinajstić information content (AvgIpc) is 2.76. The summed E-state index contributed by atoms with van der Waals surface area (Å²) >= 11 is 0. The van der Waals surface area contributed by atoms with Gasteiger partial charge in [0.05, 0.1) is 6.42 Å². The van der Waals surface area contributed by atoms with Crippen molar-refractivity contribution in [2.75, 3.05) is 7.11 Å². The highest BCUT2D eigenvalue weighted by atomic mass is 16.5. The van der Waals surface area contributed by atoms with Crippen LogP contribution in [0.2, 0.25) is 0 Å². The maximum atomic E-state index is 11.7. The van der Waals surface area contributed by atoms with Crippen molar-refractivity contribution in [3.8, 4) is 0 Å². The molecule has 0 aromatic carbocycles. The second-order valence-electron chi connectivity index (χ2n) is 3.79. The number of carboxylic acids is 1. The summed E-state index contributed by atoms with van der Waals surface area (Å²) in [6.45, 7) is 2.03. The molecule has 7 heteroatoms. The number of rotatable bonds is 7. The van der Waals surface area contributed by atoms with Gasteiger partial charge in [0.25, 0.3) is 5.91 Å². The molecule has 0 fully saturated rings. The molecule has 0 aliphatic carbocycles. The van der Waals surface area contributed by atoms with Crippen LogP contribution in [0.4, 0.5) is 0 Å².